The highest BCUT2D eigenvalue weighted by Crippen LogP contribution is 2.07. The van der Waals surface area contributed by atoms with Gasteiger partial charge in [0.25, 0.3) is 0 Å². The van der Waals surface area contributed by atoms with Crippen molar-refractivity contribution in [1.29, 1.82) is 0 Å². The Kier molecular flexibility index (Phi) is 17.9. The first-order valence-electron chi connectivity index (χ1n) is 5.10. The molecule has 3 heteroatoms. The van der Waals surface area contributed by atoms with E-state index in [0.29, 0.717) is 0 Å². The maximum absolute atomic E-state index is 4.96. The second-order valence-corrected chi connectivity index (χ2v) is 2.57. The molecule has 1 fully saturated rings. The highest BCUT2D eigenvalue weighted by atomic mass is 32.1. The summed E-state index contributed by atoms with van der Waals surface area (Å²) in [7, 11) is 1.76. The van der Waals surface area contributed by atoms with Crippen LogP contribution in [-0.2, 0) is 4.74 Å². The molecule has 0 spiro atoms. The second-order valence-electron chi connectivity index (χ2n) is 2.57. The number of nitrogens with one attached hydrogen (secondary N) is 1. The smallest absolute Gasteiger partial charge is 0.0477 e. The molecule has 1 N–H and O–H groups in total. The summed E-state index contributed by atoms with van der Waals surface area (Å²) < 4.78 is 4.96. The minimum Gasteiger partial charge on any atom is -0.385 e. The zero-order valence-electron chi connectivity index (χ0n) is 9.47. The summed E-state index contributed by atoms with van der Waals surface area (Å²) in [6.07, 6.45) is 5.55. The van der Waals surface area contributed by atoms with Crippen molar-refractivity contribution >= 4 is 12.6 Å². The van der Waals surface area contributed by atoms with E-state index in [9.17, 15) is 0 Å². The molecule has 0 radical (unpaired) electrons. The summed E-state index contributed by atoms with van der Waals surface area (Å²) in [5.74, 6) is 0. The van der Waals surface area contributed by atoms with Crippen molar-refractivity contribution in [2.24, 2.45) is 0 Å². The van der Waals surface area contributed by atoms with E-state index >= 15 is 0 Å². The highest BCUT2D eigenvalue weighted by Gasteiger charge is 2.12. The molecule has 0 bridgehead atoms. The highest BCUT2D eigenvalue weighted by molar-refractivity contribution is 7.79. The lowest BCUT2D eigenvalue weighted by Crippen LogP contribution is -2.22. The molecule has 0 amide bonds. The fraction of sp³-hybridized carbons (Fsp3) is 1.00. The van der Waals surface area contributed by atoms with Gasteiger partial charge in [-0.05, 0) is 32.1 Å². The van der Waals surface area contributed by atoms with Crippen LogP contribution in [-0.4, -0.2) is 32.6 Å². The quantitative estimate of drug-likeness (QED) is 0.693. The summed E-state index contributed by atoms with van der Waals surface area (Å²) in [6, 6.07) is 0.741. The third-order valence-corrected chi connectivity index (χ3v) is 1.83. The lowest BCUT2D eigenvalue weighted by molar-refractivity contribution is 0.185. The van der Waals surface area contributed by atoms with Crippen LogP contribution < -0.4 is 5.32 Å². The Morgan fingerprint density at radius 2 is 2.00 bits per heavy atom. The fourth-order valence-corrected chi connectivity index (χ4v) is 1.26. The molecule has 82 valence electrons. The third kappa shape index (κ3) is 10.2. The fourth-order valence-electron chi connectivity index (χ4n) is 1.26. The van der Waals surface area contributed by atoms with E-state index in [1.165, 1.54) is 25.8 Å². The van der Waals surface area contributed by atoms with E-state index in [0.717, 1.165) is 12.6 Å². The summed E-state index contributed by atoms with van der Waals surface area (Å²) in [4.78, 5) is 0. The first-order chi connectivity index (χ1) is 6.43. The van der Waals surface area contributed by atoms with Crippen molar-refractivity contribution in [2.75, 3.05) is 26.5 Å². The van der Waals surface area contributed by atoms with Crippen molar-refractivity contribution in [3.05, 3.63) is 0 Å². The summed E-state index contributed by atoms with van der Waals surface area (Å²) in [5.41, 5.74) is 0. The Hall–Kier alpha value is 0.270. The maximum atomic E-state index is 4.96. The van der Waals surface area contributed by atoms with E-state index in [2.05, 4.69) is 17.9 Å². The van der Waals surface area contributed by atoms with Crippen molar-refractivity contribution in [3.8, 4) is 0 Å². The van der Waals surface area contributed by atoms with Gasteiger partial charge in [0.15, 0.2) is 0 Å². The van der Waals surface area contributed by atoms with Gasteiger partial charge >= 0.3 is 0 Å². The first kappa shape index (κ1) is 15.7. The van der Waals surface area contributed by atoms with Crippen LogP contribution in [0.2, 0.25) is 0 Å². The van der Waals surface area contributed by atoms with E-state index in [4.69, 9.17) is 4.74 Å². The van der Waals surface area contributed by atoms with E-state index in [-0.39, 0.29) is 0 Å². The predicted molar refractivity (Wildman–Crippen MR) is 63.8 cm³/mol. The third-order valence-electron chi connectivity index (χ3n) is 1.83. The van der Waals surface area contributed by atoms with Crippen molar-refractivity contribution in [1.82, 2.24) is 5.32 Å². The van der Waals surface area contributed by atoms with Crippen LogP contribution in [0.1, 0.15) is 33.1 Å². The molecule has 0 aromatic rings. The van der Waals surface area contributed by atoms with Crippen LogP contribution in [0.5, 0.6) is 0 Å². The van der Waals surface area contributed by atoms with Gasteiger partial charge in [0.2, 0.25) is 0 Å². The van der Waals surface area contributed by atoms with Gasteiger partial charge in [0.05, 0.1) is 0 Å². The molecule has 0 saturated carbocycles. The van der Waals surface area contributed by atoms with Gasteiger partial charge in [-0.25, -0.2) is 0 Å². The van der Waals surface area contributed by atoms with Crippen LogP contribution in [0.3, 0.4) is 0 Å². The number of hydrogen-bond donors (Lipinski definition) is 2. The van der Waals surface area contributed by atoms with Crippen LogP contribution in [0.4, 0.5) is 0 Å². The van der Waals surface area contributed by atoms with Gasteiger partial charge in [-0.1, -0.05) is 13.8 Å². The summed E-state index contributed by atoms with van der Waals surface area (Å²) in [6.45, 7) is 6.10. The molecule has 1 aliphatic rings. The lowest BCUT2D eigenvalue weighted by atomic mass is 10.2. The molecular weight excluding hydrogens is 182 g/mol. The Morgan fingerprint density at radius 3 is 2.38 bits per heavy atom. The monoisotopic (exact) mass is 207 g/mol. The number of ether oxygens (including phenoxy) is 1. The maximum Gasteiger partial charge on any atom is 0.0477 e. The molecule has 2 nitrogen and oxygen atoms in total. The molecular formula is C10H25NOS. The van der Waals surface area contributed by atoms with Gasteiger partial charge in [-0.2, -0.15) is 12.6 Å². The minimum atomic E-state index is 0.741. The number of thiol groups is 1. The van der Waals surface area contributed by atoms with E-state index < -0.39 is 0 Å². The van der Waals surface area contributed by atoms with Gasteiger partial charge < -0.3 is 10.1 Å². The Bertz CT molecular complexity index is 75.3. The lowest BCUT2D eigenvalue weighted by Gasteiger charge is -2.07. The molecule has 13 heavy (non-hydrogen) atoms. The standard InChI is InChI=1S/C7H15NO.C2H6.CH4S/c1-9-6-4-7-3-2-5-8-7;2*1-2/h7-8H,2-6H2,1H3;1-2H3;2H,1H3. The van der Waals surface area contributed by atoms with Crippen LogP contribution in [0.15, 0.2) is 0 Å². The SMILES string of the molecule is CC.COCCC1CCCN1.CS. The Morgan fingerprint density at radius 1 is 1.38 bits per heavy atom. The van der Waals surface area contributed by atoms with E-state index in [1.807, 2.05) is 13.8 Å². The van der Waals surface area contributed by atoms with Crippen LogP contribution >= 0.6 is 12.6 Å². The zero-order valence-corrected chi connectivity index (χ0v) is 10.4. The predicted octanol–water partition coefficient (Wildman–Crippen LogP) is 2.35. The molecule has 0 aromatic carbocycles. The van der Waals surface area contributed by atoms with Crippen molar-refractivity contribution in [3.63, 3.8) is 0 Å². The van der Waals surface area contributed by atoms with Gasteiger partial charge in [-0.15, -0.1) is 0 Å². The molecule has 1 aliphatic heterocycles. The molecule has 1 saturated heterocycles. The Labute approximate surface area is 88.8 Å². The second kappa shape index (κ2) is 14.8. The first-order valence-corrected chi connectivity index (χ1v) is 6.00. The molecule has 1 atom stereocenters. The average Bonchev–Trinajstić information content (AvgIpc) is 2.73. The van der Waals surface area contributed by atoms with Crippen LogP contribution in [0, 0.1) is 0 Å². The molecule has 0 aliphatic carbocycles. The minimum absolute atomic E-state index is 0.741. The summed E-state index contributed by atoms with van der Waals surface area (Å²) >= 11 is 3.53. The van der Waals surface area contributed by atoms with Gasteiger partial charge in [0, 0.05) is 19.8 Å². The molecule has 1 heterocycles. The zero-order chi connectivity index (χ0) is 10.5. The average molecular weight is 207 g/mol. The number of methoxy groups -OCH3 is 1. The molecule has 0 aromatic heterocycles. The van der Waals surface area contributed by atoms with Crippen molar-refractivity contribution < 1.29 is 4.74 Å². The molecule has 1 rings (SSSR count). The Balaban J connectivity index is 0. The number of hydrogen-bond acceptors (Lipinski definition) is 3. The number of rotatable bonds is 3. The van der Waals surface area contributed by atoms with Gasteiger partial charge in [0.1, 0.15) is 0 Å². The largest absolute Gasteiger partial charge is 0.385 e. The van der Waals surface area contributed by atoms with Gasteiger partial charge in [-0.3, -0.25) is 0 Å². The van der Waals surface area contributed by atoms with Crippen molar-refractivity contribution in [2.45, 2.75) is 39.2 Å². The van der Waals surface area contributed by atoms with E-state index in [1.54, 1.807) is 13.4 Å². The van der Waals surface area contributed by atoms with Crippen LogP contribution in [0.25, 0.3) is 0 Å². The summed E-state index contributed by atoms with van der Waals surface area (Å²) in [5, 5.41) is 3.41. The normalized spacial score (nSPS) is 19.6. The molecule has 1 unspecified atom stereocenters. The topological polar surface area (TPSA) is 21.3 Å².